The molecule has 7 heteroatoms. The summed E-state index contributed by atoms with van der Waals surface area (Å²) in [5.41, 5.74) is 1.98. The lowest BCUT2D eigenvalue weighted by Gasteiger charge is -2.27. The lowest BCUT2D eigenvalue weighted by atomic mass is 9.89. The van der Waals surface area contributed by atoms with Gasteiger partial charge in [-0.3, -0.25) is 0 Å². The number of benzene rings is 2. The summed E-state index contributed by atoms with van der Waals surface area (Å²) in [7, 11) is 2.04. The number of halogens is 2. The fraction of sp³-hybridized carbons (Fsp3) is 0.375. The Kier molecular flexibility index (Phi) is 9.53. The molecule has 0 saturated carbocycles. The second-order valence-electron chi connectivity index (χ2n) is 7.93. The third kappa shape index (κ3) is 8.72. The van der Waals surface area contributed by atoms with Crippen molar-refractivity contribution < 1.29 is 14.3 Å². The van der Waals surface area contributed by atoms with Gasteiger partial charge in [-0.2, -0.15) is 0 Å². The van der Waals surface area contributed by atoms with Crippen LogP contribution in [-0.2, 0) is 4.84 Å². The Balaban J connectivity index is 1.97. The van der Waals surface area contributed by atoms with Gasteiger partial charge in [-0.05, 0) is 61.5 Å². The summed E-state index contributed by atoms with van der Waals surface area (Å²) in [6.45, 7) is 9.88. The molecule has 31 heavy (non-hydrogen) atoms. The molecule has 2 aromatic rings. The van der Waals surface area contributed by atoms with Crippen LogP contribution in [0.2, 0.25) is 0 Å². The zero-order valence-electron chi connectivity index (χ0n) is 18.7. The molecule has 0 heterocycles. The molecule has 0 aliphatic rings. The molecule has 168 valence electrons. The first-order chi connectivity index (χ1) is 14.7. The van der Waals surface area contributed by atoms with Gasteiger partial charge < -0.3 is 19.2 Å². The van der Waals surface area contributed by atoms with Crippen molar-refractivity contribution in [1.82, 2.24) is 0 Å². The zero-order valence-corrected chi connectivity index (χ0v) is 20.2. The van der Waals surface area contributed by atoms with E-state index in [9.17, 15) is 0 Å². The highest BCUT2D eigenvalue weighted by Gasteiger charge is 2.21. The van der Waals surface area contributed by atoms with Crippen LogP contribution >= 0.6 is 23.2 Å². The van der Waals surface area contributed by atoms with Crippen LogP contribution in [0, 0.1) is 5.41 Å². The highest BCUT2D eigenvalue weighted by Crippen LogP contribution is 2.27. The molecule has 0 saturated heterocycles. The number of anilines is 1. The van der Waals surface area contributed by atoms with E-state index in [2.05, 4.69) is 30.8 Å². The standard InChI is InChI=1S/C24H30Cl2N2O3/c1-6-30-27-22(24(2,3)4)17-28(5)18-7-9-20(10-8-18)31-21-13-11-19(12-14-21)29-16-15-23(25)26/h7-15H,6,16-17H2,1-5H3. The Labute approximate surface area is 195 Å². The van der Waals surface area contributed by atoms with Crippen LogP contribution in [0.1, 0.15) is 27.7 Å². The van der Waals surface area contributed by atoms with E-state index in [0.717, 1.165) is 22.9 Å². The molecule has 0 aliphatic heterocycles. The van der Waals surface area contributed by atoms with Gasteiger partial charge in [0.15, 0.2) is 0 Å². The van der Waals surface area contributed by atoms with Gasteiger partial charge in [0.1, 0.15) is 35.0 Å². The van der Waals surface area contributed by atoms with Gasteiger partial charge in [-0.25, -0.2) is 0 Å². The second kappa shape index (κ2) is 11.9. The summed E-state index contributed by atoms with van der Waals surface area (Å²) in [5.74, 6) is 2.18. The number of oxime groups is 1. The Hall–Kier alpha value is -2.37. The maximum atomic E-state index is 5.93. The topological polar surface area (TPSA) is 43.3 Å². The highest BCUT2D eigenvalue weighted by atomic mass is 35.5. The van der Waals surface area contributed by atoms with Gasteiger partial charge in [0, 0.05) is 18.2 Å². The molecule has 2 aromatic carbocycles. The largest absolute Gasteiger partial charge is 0.489 e. The van der Waals surface area contributed by atoms with Crippen LogP contribution in [-0.4, -0.2) is 32.5 Å². The second-order valence-corrected chi connectivity index (χ2v) is 8.94. The lowest BCUT2D eigenvalue weighted by Crippen LogP contribution is -2.34. The maximum absolute atomic E-state index is 5.93. The lowest BCUT2D eigenvalue weighted by molar-refractivity contribution is 0.155. The van der Waals surface area contributed by atoms with Crippen molar-refractivity contribution in [2.24, 2.45) is 10.6 Å². The molecule has 0 radical (unpaired) electrons. The van der Waals surface area contributed by atoms with E-state index in [-0.39, 0.29) is 9.91 Å². The minimum absolute atomic E-state index is 0.0745. The predicted octanol–water partition coefficient (Wildman–Crippen LogP) is 7.05. The first kappa shape index (κ1) is 24.9. The van der Waals surface area contributed by atoms with Crippen molar-refractivity contribution in [2.45, 2.75) is 27.7 Å². The summed E-state index contributed by atoms with van der Waals surface area (Å²) in [6.07, 6.45) is 1.58. The Morgan fingerprint density at radius 1 is 0.968 bits per heavy atom. The maximum Gasteiger partial charge on any atom is 0.127 e. The fourth-order valence-corrected chi connectivity index (χ4v) is 2.70. The van der Waals surface area contributed by atoms with Gasteiger partial charge >= 0.3 is 0 Å². The van der Waals surface area contributed by atoms with Crippen LogP contribution in [0.25, 0.3) is 0 Å². The molecule has 0 aliphatic carbocycles. The van der Waals surface area contributed by atoms with Crippen molar-refractivity contribution in [2.75, 3.05) is 31.7 Å². The number of hydrogen-bond donors (Lipinski definition) is 0. The minimum Gasteiger partial charge on any atom is -0.489 e. The monoisotopic (exact) mass is 464 g/mol. The number of nitrogens with zero attached hydrogens (tertiary/aromatic N) is 2. The fourth-order valence-electron chi connectivity index (χ4n) is 2.57. The van der Waals surface area contributed by atoms with Crippen molar-refractivity contribution in [3.8, 4) is 17.2 Å². The van der Waals surface area contributed by atoms with Gasteiger partial charge in [0.2, 0.25) is 0 Å². The molecule has 0 bridgehead atoms. The third-order valence-corrected chi connectivity index (χ3v) is 4.69. The number of ether oxygens (including phenoxy) is 2. The average Bonchev–Trinajstić information content (AvgIpc) is 2.71. The van der Waals surface area contributed by atoms with Gasteiger partial charge in [0.25, 0.3) is 0 Å². The summed E-state index contributed by atoms with van der Waals surface area (Å²) in [5, 5.41) is 4.31. The molecule has 2 rings (SSSR count). The Morgan fingerprint density at radius 2 is 1.52 bits per heavy atom. The predicted molar refractivity (Wildman–Crippen MR) is 130 cm³/mol. The molecular formula is C24H30Cl2N2O3. The molecule has 0 aromatic heterocycles. The van der Waals surface area contributed by atoms with Crippen LogP contribution in [0.15, 0.2) is 64.3 Å². The van der Waals surface area contributed by atoms with E-state index < -0.39 is 0 Å². The van der Waals surface area contributed by atoms with Gasteiger partial charge in [-0.1, -0.05) is 49.1 Å². The first-order valence-electron chi connectivity index (χ1n) is 10.1. The van der Waals surface area contributed by atoms with Gasteiger partial charge in [0.05, 0.1) is 12.3 Å². The van der Waals surface area contributed by atoms with E-state index in [1.165, 1.54) is 0 Å². The van der Waals surface area contributed by atoms with Crippen molar-refractivity contribution in [3.05, 3.63) is 59.1 Å². The number of hydrogen-bond acceptors (Lipinski definition) is 5. The Morgan fingerprint density at radius 3 is 2.03 bits per heavy atom. The summed E-state index contributed by atoms with van der Waals surface area (Å²) >= 11 is 11.1. The molecule has 0 fully saturated rings. The van der Waals surface area contributed by atoms with E-state index in [0.29, 0.717) is 25.5 Å². The summed E-state index contributed by atoms with van der Waals surface area (Å²) in [4.78, 5) is 7.44. The highest BCUT2D eigenvalue weighted by molar-refractivity contribution is 6.55. The summed E-state index contributed by atoms with van der Waals surface area (Å²) < 4.78 is 11.6. The van der Waals surface area contributed by atoms with E-state index in [1.54, 1.807) is 6.08 Å². The van der Waals surface area contributed by atoms with Crippen LogP contribution < -0.4 is 14.4 Å². The van der Waals surface area contributed by atoms with E-state index in [1.807, 2.05) is 62.5 Å². The normalized spacial score (nSPS) is 11.6. The quantitative estimate of drug-likeness (QED) is 0.279. The third-order valence-electron chi connectivity index (χ3n) is 4.38. The van der Waals surface area contributed by atoms with Crippen LogP contribution in [0.3, 0.4) is 0 Å². The first-order valence-corrected chi connectivity index (χ1v) is 10.9. The van der Waals surface area contributed by atoms with Crippen molar-refractivity contribution in [3.63, 3.8) is 0 Å². The van der Waals surface area contributed by atoms with Crippen molar-refractivity contribution >= 4 is 34.6 Å². The zero-order chi connectivity index (χ0) is 22.9. The average molecular weight is 465 g/mol. The smallest absolute Gasteiger partial charge is 0.127 e. The van der Waals surface area contributed by atoms with Crippen molar-refractivity contribution in [1.29, 1.82) is 0 Å². The Bertz CT molecular complexity index is 869. The molecule has 0 N–H and O–H groups in total. The number of rotatable bonds is 10. The molecule has 0 unspecified atom stereocenters. The molecular weight excluding hydrogens is 435 g/mol. The molecule has 0 atom stereocenters. The van der Waals surface area contributed by atoms with Crippen LogP contribution in [0.5, 0.6) is 17.2 Å². The van der Waals surface area contributed by atoms with Gasteiger partial charge in [-0.15, -0.1) is 0 Å². The molecule has 5 nitrogen and oxygen atoms in total. The van der Waals surface area contributed by atoms with Crippen LogP contribution in [0.4, 0.5) is 5.69 Å². The van der Waals surface area contributed by atoms with E-state index >= 15 is 0 Å². The minimum atomic E-state index is -0.0745. The molecule has 0 amide bonds. The van der Waals surface area contributed by atoms with E-state index in [4.69, 9.17) is 37.5 Å². The summed E-state index contributed by atoms with van der Waals surface area (Å²) in [6, 6.07) is 15.3. The molecule has 0 spiro atoms. The SMILES string of the molecule is CCON=C(CN(C)c1ccc(Oc2ccc(OCC=C(Cl)Cl)cc2)cc1)C(C)(C)C.